The Bertz CT molecular complexity index is 592. The number of nitrogens with one attached hydrogen (secondary N) is 1. The number of hydrogen-bond donors (Lipinski definition) is 2. The number of likely N-dealkylation sites (N-methyl/N-ethyl adjacent to an activating group) is 1. The van der Waals surface area contributed by atoms with Gasteiger partial charge in [-0.3, -0.25) is 4.98 Å². The Balaban J connectivity index is 1.94. The molecule has 0 bridgehead atoms. The fraction of sp³-hybridized carbons (Fsp3) is 0.389. The SMILES string of the molecule is CN(CCc1ccncc1)c1cc(CNCCCO)ccc1F. The van der Waals surface area contributed by atoms with Crippen LogP contribution in [0.25, 0.3) is 0 Å². The van der Waals surface area contributed by atoms with E-state index in [1.165, 1.54) is 11.6 Å². The van der Waals surface area contributed by atoms with Crippen LogP contribution < -0.4 is 10.2 Å². The van der Waals surface area contributed by atoms with Gasteiger partial charge in [0.25, 0.3) is 0 Å². The molecule has 1 heterocycles. The van der Waals surface area contributed by atoms with Crippen LogP contribution in [0.15, 0.2) is 42.7 Å². The normalized spacial score (nSPS) is 10.7. The Morgan fingerprint density at radius 3 is 2.70 bits per heavy atom. The van der Waals surface area contributed by atoms with Crippen LogP contribution in [0, 0.1) is 5.82 Å². The maximum absolute atomic E-state index is 14.1. The first-order valence-corrected chi connectivity index (χ1v) is 7.90. The third-order valence-electron chi connectivity index (χ3n) is 3.75. The highest BCUT2D eigenvalue weighted by molar-refractivity contribution is 5.49. The van der Waals surface area contributed by atoms with E-state index in [1.807, 2.05) is 30.1 Å². The molecule has 4 nitrogen and oxygen atoms in total. The number of anilines is 1. The summed E-state index contributed by atoms with van der Waals surface area (Å²) >= 11 is 0. The molecule has 0 aliphatic rings. The van der Waals surface area contributed by atoms with Crippen LogP contribution in [0.2, 0.25) is 0 Å². The average Bonchev–Trinajstić information content (AvgIpc) is 2.59. The molecule has 0 aliphatic heterocycles. The minimum absolute atomic E-state index is 0.180. The molecule has 0 radical (unpaired) electrons. The standard InChI is InChI=1S/C18H24FN3O/c1-22(11-7-15-5-9-20-10-6-15)18-13-16(3-4-17(18)19)14-21-8-2-12-23/h3-6,9-10,13,21,23H,2,7-8,11-12,14H2,1H3. The van der Waals surface area contributed by atoms with Crippen LogP contribution in [-0.4, -0.2) is 36.8 Å². The molecule has 5 heteroatoms. The predicted molar refractivity (Wildman–Crippen MR) is 91.0 cm³/mol. The minimum atomic E-state index is -0.207. The van der Waals surface area contributed by atoms with Crippen LogP contribution in [0.5, 0.6) is 0 Å². The molecule has 0 spiro atoms. The van der Waals surface area contributed by atoms with E-state index in [0.717, 1.165) is 31.5 Å². The van der Waals surface area contributed by atoms with Gasteiger partial charge in [0, 0.05) is 39.1 Å². The minimum Gasteiger partial charge on any atom is -0.396 e. The monoisotopic (exact) mass is 317 g/mol. The summed E-state index contributed by atoms with van der Waals surface area (Å²) < 4.78 is 14.1. The maximum Gasteiger partial charge on any atom is 0.146 e. The lowest BCUT2D eigenvalue weighted by molar-refractivity contribution is 0.286. The third-order valence-corrected chi connectivity index (χ3v) is 3.75. The number of aromatic nitrogens is 1. The second-order valence-electron chi connectivity index (χ2n) is 5.57. The van der Waals surface area contributed by atoms with Gasteiger partial charge in [0.1, 0.15) is 5.82 Å². The third kappa shape index (κ3) is 5.62. The molecular formula is C18H24FN3O. The first-order valence-electron chi connectivity index (χ1n) is 7.90. The number of aliphatic hydroxyl groups excluding tert-OH is 1. The second kappa shape index (κ2) is 9.22. The van der Waals surface area contributed by atoms with Crippen molar-refractivity contribution in [1.82, 2.24) is 10.3 Å². The summed E-state index contributed by atoms with van der Waals surface area (Å²) in [6.07, 6.45) is 5.11. The van der Waals surface area contributed by atoms with E-state index < -0.39 is 0 Å². The molecule has 0 aliphatic carbocycles. The number of benzene rings is 1. The first kappa shape index (κ1) is 17.4. The highest BCUT2D eigenvalue weighted by atomic mass is 19.1. The molecule has 1 aromatic carbocycles. The van der Waals surface area contributed by atoms with Crippen molar-refractivity contribution in [2.45, 2.75) is 19.4 Å². The molecular weight excluding hydrogens is 293 g/mol. The van der Waals surface area contributed by atoms with E-state index in [4.69, 9.17) is 5.11 Å². The molecule has 0 fully saturated rings. The molecule has 0 unspecified atom stereocenters. The van der Waals surface area contributed by atoms with E-state index in [2.05, 4.69) is 10.3 Å². The van der Waals surface area contributed by atoms with E-state index in [9.17, 15) is 4.39 Å². The highest BCUT2D eigenvalue weighted by Gasteiger charge is 2.09. The Hall–Kier alpha value is -1.98. The molecule has 0 atom stereocenters. The number of nitrogens with zero attached hydrogens (tertiary/aromatic N) is 2. The molecule has 2 N–H and O–H groups in total. The van der Waals surface area contributed by atoms with Gasteiger partial charge in [-0.1, -0.05) is 6.07 Å². The van der Waals surface area contributed by atoms with Gasteiger partial charge in [-0.15, -0.1) is 0 Å². The van der Waals surface area contributed by atoms with Gasteiger partial charge in [0.2, 0.25) is 0 Å². The number of halogens is 1. The maximum atomic E-state index is 14.1. The Kier molecular flexibility index (Phi) is 6.97. The average molecular weight is 317 g/mol. The summed E-state index contributed by atoms with van der Waals surface area (Å²) in [5.74, 6) is -0.207. The molecule has 1 aromatic heterocycles. The molecule has 124 valence electrons. The molecule has 0 saturated heterocycles. The molecule has 2 rings (SSSR count). The Morgan fingerprint density at radius 2 is 1.96 bits per heavy atom. The van der Waals surface area contributed by atoms with E-state index in [-0.39, 0.29) is 12.4 Å². The van der Waals surface area contributed by atoms with Crippen LogP contribution >= 0.6 is 0 Å². The lowest BCUT2D eigenvalue weighted by Gasteiger charge is -2.21. The summed E-state index contributed by atoms with van der Waals surface area (Å²) in [6, 6.07) is 9.15. The fourth-order valence-electron chi connectivity index (χ4n) is 2.36. The first-order chi connectivity index (χ1) is 11.2. The zero-order chi connectivity index (χ0) is 16.5. The quantitative estimate of drug-likeness (QED) is 0.697. The summed E-state index contributed by atoms with van der Waals surface area (Å²) in [5.41, 5.74) is 2.84. The lowest BCUT2D eigenvalue weighted by Crippen LogP contribution is -2.22. The van der Waals surface area contributed by atoms with Gasteiger partial charge < -0.3 is 15.3 Å². The highest BCUT2D eigenvalue weighted by Crippen LogP contribution is 2.20. The number of pyridine rings is 1. The predicted octanol–water partition coefficient (Wildman–Crippen LogP) is 2.37. The molecule has 0 saturated carbocycles. The fourth-order valence-corrected chi connectivity index (χ4v) is 2.36. The van der Waals surface area contributed by atoms with Crippen molar-refractivity contribution in [3.05, 3.63) is 59.7 Å². The van der Waals surface area contributed by atoms with Crippen molar-refractivity contribution in [3.8, 4) is 0 Å². The van der Waals surface area contributed by atoms with Crippen molar-refractivity contribution in [1.29, 1.82) is 0 Å². The summed E-state index contributed by atoms with van der Waals surface area (Å²) in [5, 5.41) is 12.0. The van der Waals surface area contributed by atoms with E-state index >= 15 is 0 Å². The van der Waals surface area contributed by atoms with Crippen molar-refractivity contribution in [2.75, 3.05) is 31.6 Å². The van der Waals surface area contributed by atoms with Crippen LogP contribution in [0.1, 0.15) is 17.5 Å². The summed E-state index contributed by atoms with van der Waals surface area (Å²) in [7, 11) is 1.91. The number of rotatable bonds is 9. The van der Waals surface area contributed by atoms with Gasteiger partial charge in [-0.05, 0) is 54.8 Å². The molecule has 2 aromatic rings. The van der Waals surface area contributed by atoms with Gasteiger partial charge in [-0.25, -0.2) is 4.39 Å². The van der Waals surface area contributed by atoms with Gasteiger partial charge in [0.15, 0.2) is 0 Å². The van der Waals surface area contributed by atoms with Crippen LogP contribution in [-0.2, 0) is 13.0 Å². The van der Waals surface area contributed by atoms with Crippen molar-refractivity contribution in [2.24, 2.45) is 0 Å². The van der Waals surface area contributed by atoms with Crippen LogP contribution in [0.3, 0.4) is 0 Å². The van der Waals surface area contributed by atoms with E-state index in [0.29, 0.717) is 12.2 Å². The molecule has 0 amide bonds. The Labute approximate surface area is 137 Å². The molecule has 23 heavy (non-hydrogen) atoms. The van der Waals surface area contributed by atoms with Gasteiger partial charge >= 0.3 is 0 Å². The second-order valence-corrected chi connectivity index (χ2v) is 5.57. The largest absolute Gasteiger partial charge is 0.396 e. The lowest BCUT2D eigenvalue weighted by atomic mass is 10.1. The smallest absolute Gasteiger partial charge is 0.146 e. The van der Waals surface area contributed by atoms with Gasteiger partial charge in [-0.2, -0.15) is 0 Å². The topological polar surface area (TPSA) is 48.4 Å². The van der Waals surface area contributed by atoms with Crippen LogP contribution in [0.4, 0.5) is 10.1 Å². The van der Waals surface area contributed by atoms with Crippen molar-refractivity contribution >= 4 is 5.69 Å². The summed E-state index contributed by atoms with van der Waals surface area (Å²) in [4.78, 5) is 5.94. The van der Waals surface area contributed by atoms with Gasteiger partial charge in [0.05, 0.1) is 5.69 Å². The zero-order valence-corrected chi connectivity index (χ0v) is 13.5. The number of aliphatic hydroxyl groups is 1. The van der Waals surface area contributed by atoms with Crippen molar-refractivity contribution < 1.29 is 9.50 Å². The van der Waals surface area contributed by atoms with E-state index in [1.54, 1.807) is 18.5 Å². The summed E-state index contributed by atoms with van der Waals surface area (Å²) in [6.45, 7) is 2.34. The van der Waals surface area contributed by atoms with Crippen molar-refractivity contribution in [3.63, 3.8) is 0 Å². The zero-order valence-electron chi connectivity index (χ0n) is 13.5. The Morgan fingerprint density at radius 1 is 1.17 bits per heavy atom. The number of hydrogen-bond acceptors (Lipinski definition) is 4.